The second kappa shape index (κ2) is 7.15. The van der Waals surface area contributed by atoms with E-state index in [1.165, 1.54) is 0 Å². The number of para-hydroxylation sites is 2. The van der Waals surface area contributed by atoms with Gasteiger partial charge in [0.2, 0.25) is 0 Å². The standard InChI is InChI=1S/C19H25N3O3/c23-18-6-5-16-15(14(18)7-8-21-9-11-25-12-10-21)13-20-22(16)17-3-1-2-4-19(17)24/h1-4,13-14,18,23-24H,5-12H2. The highest BCUT2D eigenvalue weighted by atomic mass is 16.5. The average molecular weight is 343 g/mol. The number of aliphatic hydroxyl groups excluding tert-OH is 1. The van der Waals surface area contributed by atoms with Gasteiger partial charge in [0.15, 0.2) is 0 Å². The van der Waals surface area contributed by atoms with Crippen molar-refractivity contribution in [2.45, 2.75) is 31.3 Å². The number of hydrogen-bond donors (Lipinski definition) is 2. The molecule has 2 heterocycles. The topological polar surface area (TPSA) is 70.8 Å². The first-order valence-corrected chi connectivity index (χ1v) is 9.07. The largest absolute Gasteiger partial charge is 0.506 e. The fourth-order valence-corrected chi connectivity index (χ4v) is 3.98. The molecule has 2 N–H and O–H groups in total. The average Bonchev–Trinajstić information content (AvgIpc) is 3.06. The van der Waals surface area contributed by atoms with Gasteiger partial charge in [0, 0.05) is 24.7 Å². The number of ether oxygens (including phenoxy) is 1. The Hall–Kier alpha value is -1.89. The van der Waals surface area contributed by atoms with Crippen LogP contribution in [-0.4, -0.2) is 63.8 Å². The molecule has 0 bridgehead atoms. The summed E-state index contributed by atoms with van der Waals surface area (Å²) >= 11 is 0. The molecule has 1 aromatic carbocycles. The van der Waals surface area contributed by atoms with Gasteiger partial charge in [-0.05, 0) is 43.5 Å². The van der Waals surface area contributed by atoms with Gasteiger partial charge in [-0.1, -0.05) is 12.1 Å². The summed E-state index contributed by atoms with van der Waals surface area (Å²) in [4.78, 5) is 2.40. The first-order valence-electron chi connectivity index (χ1n) is 9.07. The maximum Gasteiger partial charge on any atom is 0.141 e. The van der Waals surface area contributed by atoms with Gasteiger partial charge in [-0.3, -0.25) is 4.90 Å². The fourth-order valence-electron chi connectivity index (χ4n) is 3.98. The van der Waals surface area contributed by atoms with Crippen molar-refractivity contribution < 1.29 is 14.9 Å². The van der Waals surface area contributed by atoms with E-state index >= 15 is 0 Å². The lowest BCUT2D eigenvalue weighted by Gasteiger charge is -2.32. The quantitative estimate of drug-likeness (QED) is 0.884. The molecule has 1 fully saturated rings. The zero-order chi connectivity index (χ0) is 17.2. The van der Waals surface area contributed by atoms with Crippen LogP contribution in [0.2, 0.25) is 0 Å². The maximum atomic E-state index is 10.5. The number of benzene rings is 1. The minimum atomic E-state index is -0.324. The molecule has 2 atom stereocenters. The number of nitrogens with zero attached hydrogens (tertiary/aromatic N) is 3. The minimum absolute atomic E-state index is 0.103. The predicted octanol–water partition coefficient (Wildman–Crippen LogP) is 1.69. The van der Waals surface area contributed by atoms with E-state index in [9.17, 15) is 10.2 Å². The Balaban J connectivity index is 1.56. The second-order valence-corrected chi connectivity index (χ2v) is 6.90. The number of rotatable bonds is 4. The third-order valence-corrected chi connectivity index (χ3v) is 5.41. The molecule has 6 nitrogen and oxygen atoms in total. The summed E-state index contributed by atoms with van der Waals surface area (Å²) in [5, 5.41) is 25.2. The molecule has 2 unspecified atom stereocenters. The van der Waals surface area contributed by atoms with E-state index in [0.717, 1.165) is 63.4 Å². The SMILES string of the molecule is Oc1ccccc1-n1ncc2c1CCC(O)C2CCN1CCOCC1. The summed E-state index contributed by atoms with van der Waals surface area (Å²) < 4.78 is 7.24. The number of hydrogen-bond acceptors (Lipinski definition) is 5. The monoisotopic (exact) mass is 343 g/mol. The molecule has 0 radical (unpaired) electrons. The Morgan fingerprint density at radius 1 is 1.20 bits per heavy atom. The van der Waals surface area contributed by atoms with Crippen LogP contribution in [0.1, 0.15) is 30.0 Å². The van der Waals surface area contributed by atoms with Crippen LogP contribution >= 0.6 is 0 Å². The highest BCUT2D eigenvalue weighted by Crippen LogP contribution is 2.36. The van der Waals surface area contributed by atoms with Crippen molar-refractivity contribution >= 4 is 0 Å². The normalized spacial score (nSPS) is 24.2. The van der Waals surface area contributed by atoms with Crippen molar-refractivity contribution in [2.24, 2.45) is 0 Å². The van der Waals surface area contributed by atoms with Gasteiger partial charge in [0.25, 0.3) is 0 Å². The molecule has 25 heavy (non-hydrogen) atoms. The van der Waals surface area contributed by atoms with Crippen molar-refractivity contribution in [3.8, 4) is 11.4 Å². The summed E-state index contributed by atoms with van der Waals surface area (Å²) in [5.74, 6) is 0.329. The number of morpholine rings is 1. The third-order valence-electron chi connectivity index (χ3n) is 5.41. The predicted molar refractivity (Wildman–Crippen MR) is 94.2 cm³/mol. The van der Waals surface area contributed by atoms with Crippen LogP contribution in [0.5, 0.6) is 5.75 Å². The number of phenols is 1. The van der Waals surface area contributed by atoms with E-state index in [2.05, 4.69) is 10.00 Å². The number of phenolic OH excluding ortho intramolecular Hbond substituents is 1. The van der Waals surface area contributed by atoms with Crippen LogP contribution < -0.4 is 0 Å². The Bertz CT molecular complexity index is 724. The second-order valence-electron chi connectivity index (χ2n) is 6.90. The molecule has 134 valence electrons. The van der Waals surface area contributed by atoms with Crippen molar-refractivity contribution in [2.75, 3.05) is 32.8 Å². The Morgan fingerprint density at radius 2 is 2.00 bits per heavy atom. The zero-order valence-corrected chi connectivity index (χ0v) is 14.3. The van der Waals surface area contributed by atoms with Gasteiger partial charge in [-0.2, -0.15) is 5.10 Å². The van der Waals surface area contributed by atoms with Gasteiger partial charge in [0.1, 0.15) is 11.4 Å². The molecule has 0 amide bonds. The first kappa shape index (κ1) is 16.6. The van der Waals surface area contributed by atoms with E-state index in [1.807, 2.05) is 29.1 Å². The van der Waals surface area contributed by atoms with Crippen LogP contribution in [0.3, 0.4) is 0 Å². The summed E-state index contributed by atoms with van der Waals surface area (Å²) in [6.45, 7) is 4.49. The molecule has 1 saturated heterocycles. The molecule has 2 aliphatic rings. The van der Waals surface area contributed by atoms with Crippen molar-refractivity contribution in [1.29, 1.82) is 0 Å². The molecule has 6 heteroatoms. The first-order chi connectivity index (χ1) is 12.2. The lowest BCUT2D eigenvalue weighted by molar-refractivity contribution is 0.0325. The lowest BCUT2D eigenvalue weighted by atomic mass is 9.82. The van der Waals surface area contributed by atoms with Crippen LogP contribution in [0, 0.1) is 0 Å². The van der Waals surface area contributed by atoms with E-state index in [1.54, 1.807) is 6.07 Å². The van der Waals surface area contributed by atoms with Crippen molar-refractivity contribution in [3.63, 3.8) is 0 Å². The summed E-state index contributed by atoms with van der Waals surface area (Å²) in [7, 11) is 0. The fraction of sp³-hybridized carbons (Fsp3) is 0.526. The highest BCUT2D eigenvalue weighted by molar-refractivity contribution is 5.47. The number of fused-ring (bicyclic) bond motifs is 1. The molecular formula is C19H25N3O3. The molecule has 1 aromatic heterocycles. The molecule has 1 aliphatic carbocycles. The van der Waals surface area contributed by atoms with E-state index < -0.39 is 0 Å². The molecule has 0 spiro atoms. The van der Waals surface area contributed by atoms with Crippen LogP contribution in [-0.2, 0) is 11.2 Å². The number of aliphatic hydroxyl groups is 1. The summed E-state index contributed by atoms with van der Waals surface area (Å²) in [6, 6.07) is 7.26. The molecule has 0 saturated carbocycles. The number of aromatic hydroxyl groups is 1. The zero-order valence-electron chi connectivity index (χ0n) is 14.3. The van der Waals surface area contributed by atoms with Crippen LogP contribution in [0.4, 0.5) is 0 Å². The van der Waals surface area contributed by atoms with Crippen LogP contribution in [0.25, 0.3) is 5.69 Å². The van der Waals surface area contributed by atoms with Gasteiger partial charge in [0.05, 0.1) is 25.5 Å². The lowest BCUT2D eigenvalue weighted by Crippen LogP contribution is -2.38. The van der Waals surface area contributed by atoms with Gasteiger partial charge >= 0.3 is 0 Å². The molecule has 2 aromatic rings. The minimum Gasteiger partial charge on any atom is -0.506 e. The van der Waals surface area contributed by atoms with E-state index in [0.29, 0.717) is 5.69 Å². The maximum absolute atomic E-state index is 10.5. The molecular weight excluding hydrogens is 318 g/mol. The van der Waals surface area contributed by atoms with E-state index in [4.69, 9.17) is 4.74 Å². The highest BCUT2D eigenvalue weighted by Gasteiger charge is 2.32. The van der Waals surface area contributed by atoms with Crippen LogP contribution in [0.15, 0.2) is 30.5 Å². The summed E-state index contributed by atoms with van der Waals surface area (Å²) in [5.41, 5.74) is 2.93. The Labute approximate surface area is 147 Å². The Kier molecular flexibility index (Phi) is 4.74. The number of aromatic nitrogens is 2. The molecule has 4 rings (SSSR count). The van der Waals surface area contributed by atoms with Gasteiger partial charge < -0.3 is 14.9 Å². The smallest absolute Gasteiger partial charge is 0.141 e. The summed E-state index contributed by atoms with van der Waals surface area (Å²) in [6.07, 6.45) is 3.98. The van der Waals surface area contributed by atoms with Gasteiger partial charge in [-0.25, -0.2) is 4.68 Å². The van der Waals surface area contributed by atoms with Crippen molar-refractivity contribution in [3.05, 3.63) is 41.7 Å². The third kappa shape index (κ3) is 3.29. The van der Waals surface area contributed by atoms with Gasteiger partial charge in [-0.15, -0.1) is 0 Å². The Morgan fingerprint density at radius 3 is 2.80 bits per heavy atom. The van der Waals surface area contributed by atoms with Crippen molar-refractivity contribution in [1.82, 2.24) is 14.7 Å². The van der Waals surface area contributed by atoms with E-state index in [-0.39, 0.29) is 17.8 Å². The molecule has 1 aliphatic heterocycles.